The number of benzene rings is 7. The van der Waals surface area contributed by atoms with E-state index in [1.54, 1.807) is 0 Å². The molecular formula is C48H31N3O2. The summed E-state index contributed by atoms with van der Waals surface area (Å²) >= 11 is 0. The third-order valence-electron chi connectivity index (χ3n) is 10.8. The van der Waals surface area contributed by atoms with Gasteiger partial charge in [0.25, 0.3) is 0 Å². The molecule has 250 valence electrons. The molecular weight excluding hydrogens is 651 g/mol. The van der Waals surface area contributed by atoms with Crippen molar-refractivity contribution in [1.82, 2.24) is 15.0 Å². The molecule has 0 fully saturated rings. The number of rotatable bonds is 4. The molecule has 53 heavy (non-hydrogen) atoms. The molecule has 3 aromatic heterocycles. The van der Waals surface area contributed by atoms with Gasteiger partial charge in [-0.05, 0) is 87.8 Å². The maximum Gasteiger partial charge on any atom is 0.165 e. The molecule has 0 spiro atoms. The molecule has 1 aliphatic rings. The second-order valence-electron chi connectivity index (χ2n) is 14.0. The average molecular weight is 682 g/mol. The van der Waals surface area contributed by atoms with Gasteiger partial charge in [-0.2, -0.15) is 0 Å². The van der Waals surface area contributed by atoms with Gasteiger partial charge >= 0.3 is 0 Å². The van der Waals surface area contributed by atoms with Crippen LogP contribution < -0.4 is 0 Å². The molecule has 1 atom stereocenters. The van der Waals surface area contributed by atoms with Crippen LogP contribution in [0.1, 0.15) is 30.4 Å². The fourth-order valence-electron chi connectivity index (χ4n) is 8.16. The molecule has 0 bridgehead atoms. The molecule has 0 N–H and O–H groups in total. The predicted molar refractivity (Wildman–Crippen MR) is 216 cm³/mol. The van der Waals surface area contributed by atoms with Gasteiger partial charge in [-0.25, -0.2) is 15.0 Å². The minimum absolute atomic E-state index is 0.502. The Morgan fingerprint density at radius 1 is 0.509 bits per heavy atom. The first-order valence-corrected chi connectivity index (χ1v) is 18.1. The first kappa shape index (κ1) is 29.8. The van der Waals surface area contributed by atoms with Crippen LogP contribution in [0.15, 0.2) is 154 Å². The summed E-state index contributed by atoms with van der Waals surface area (Å²) in [5.41, 5.74) is 10.7. The number of para-hydroxylation sites is 2. The van der Waals surface area contributed by atoms with E-state index in [2.05, 4.69) is 91.9 Å². The molecule has 1 unspecified atom stereocenters. The van der Waals surface area contributed by atoms with Crippen LogP contribution >= 0.6 is 0 Å². The Morgan fingerprint density at radius 2 is 1.19 bits per heavy atom. The van der Waals surface area contributed by atoms with E-state index in [1.807, 2.05) is 66.7 Å². The van der Waals surface area contributed by atoms with E-state index in [-0.39, 0.29) is 0 Å². The van der Waals surface area contributed by atoms with Crippen LogP contribution in [0, 0.1) is 0 Å². The highest BCUT2D eigenvalue weighted by atomic mass is 16.3. The van der Waals surface area contributed by atoms with Crippen LogP contribution in [0.2, 0.25) is 0 Å². The van der Waals surface area contributed by atoms with Crippen LogP contribution in [0.5, 0.6) is 0 Å². The second-order valence-corrected chi connectivity index (χ2v) is 14.0. The van der Waals surface area contributed by atoms with Crippen molar-refractivity contribution in [2.75, 3.05) is 0 Å². The summed E-state index contributed by atoms with van der Waals surface area (Å²) in [5, 5.41) is 6.55. The van der Waals surface area contributed by atoms with Gasteiger partial charge in [0.1, 0.15) is 22.3 Å². The van der Waals surface area contributed by atoms with E-state index in [0.717, 1.165) is 83.5 Å². The number of aromatic nitrogens is 3. The Bertz CT molecular complexity index is 3120. The van der Waals surface area contributed by atoms with Crippen molar-refractivity contribution >= 4 is 60.7 Å². The zero-order valence-corrected chi connectivity index (χ0v) is 28.9. The Hall–Kier alpha value is -6.85. The molecule has 0 aliphatic heterocycles. The standard InChI is InChI=1S/C48H31N3O2/c1-28-10-9-15-36-33(28)21-18-30-26-32(20-22-34(30)36)47-49-46(29-11-3-2-4-12-29)50-48(51-47)45-35(24-25-42-44(45)39-14-6-8-17-41(39)52-42)31-19-23-38-37-13-5-7-16-40(37)53-43(38)27-31/h2-9,11-28H,10H2,1H3. The van der Waals surface area contributed by atoms with E-state index in [1.165, 1.54) is 16.5 Å². The van der Waals surface area contributed by atoms with E-state index in [9.17, 15) is 0 Å². The first-order chi connectivity index (χ1) is 26.2. The summed E-state index contributed by atoms with van der Waals surface area (Å²) in [5.74, 6) is 2.30. The summed E-state index contributed by atoms with van der Waals surface area (Å²) in [6, 6.07) is 48.2. The molecule has 7 aromatic carbocycles. The molecule has 3 heterocycles. The smallest absolute Gasteiger partial charge is 0.165 e. The van der Waals surface area contributed by atoms with Gasteiger partial charge in [-0.1, -0.05) is 116 Å². The summed E-state index contributed by atoms with van der Waals surface area (Å²) in [4.78, 5) is 15.7. The largest absolute Gasteiger partial charge is 0.456 e. The number of hydrogen-bond donors (Lipinski definition) is 0. The van der Waals surface area contributed by atoms with E-state index < -0.39 is 0 Å². The third-order valence-corrected chi connectivity index (χ3v) is 10.8. The number of nitrogens with zero attached hydrogens (tertiary/aromatic N) is 3. The summed E-state index contributed by atoms with van der Waals surface area (Å²) < 4.78 is 12.8. The molecule has 5 nitrogen and oxygen atoms in total. The normalized spacial score (nSPS) is 14.2. The molecule has 0 saturated carbocycles. The number of allylic oxidation sites excluding steroid dienone is 1. The SMILES string of the molecule is CC1CC=Cc2c1ccc1cc(-c3nc(-c4ccccc4)nc(-c4c(-c5ccc6c(c5)oc5ccccc56)ccc5oc6ccccc6c45)n3)ccc21. The van der Waals surface area contributed by atoms with Crippen molar-refractivity contribution in [3.05, 3.63) is 157 Å². The fourth-order valence-corrected chi connectivity index (χ4v) is 8.16. The fraction of sp³-hybridized carbons (Fsp3) is 0.0625. The van der Waals surface area contributed by atoms with E-state index in [0.29, 0.717) is 23.4 Å². The van der Waals surface area contributed by atoms with Gasteiger partial charge in [0.05, 0.1) is 0 Å². The van der Waals surface area contributed by atoms with Gasteiger partial charge in [0.2, 0.25) is 0 Å². The first-order valence-electron chi connectivity index (χ1n) is 18.1. The molecule has 1 aliphatic carbocycles. The van der Waals surface area contributed by atoms with Crippen molar-refractivity contribution in [3.8, 4) is 45.3 Å². The summed E-state index contributed by atoms with van der Waals surface area (Å²) in [6.07, 6.45) is 5.62. The second kappa shape index (κ2) is 11.6. The van der Waals surface area contributed by atoms with Gasteiger partial charge < -0.3 is 8.83 Å². The van der Waals surface area contributed by atoms with Gasteiger partial charge in [0.15, 0.2) is 17.5 Å². The van der Waals surface area contributed by atoms with Crippen molar-refractivity contribution in [2.24, 2.45) is 0 Å². The lowest BCUT2D eigenvalue weighted by Crippen LogP contribution is -2.02. The van der Waals surface area contributed by atoms with Gasteiger partial charge in [-0.3, -0.25) is 0 Å². The van der Waals surface area contributed by atoms with Crippen molar-refractivity contribution in [2.45, 2.75) is 19.3 Å². The lowest BCUT2D eigenvalue weighted by atomic mass is 9.85. The van der Waals surface area contributed by atoms with Crippen LogP contribution in [0.4, 0.5) is 0 Å². The minimum Gasteiger partial charge on any atom is -0.456 e. The molecule has 10 aromatic rings. The minimum atomic E-state index is 0.502. The maximum absolute atomic E-state index is 6.45. The topological polar surface area (TPSA) is 65.0 Å². The van der Waals surface area contributed by atoms with Crippen molar-refractivity contribution in [1.29, 1.82) is 0 Å². The Morgan fingerprint density at radius 3 is 2.06 bits per heavy atom. The van der Waals surface area contributed by atoms with Gasteiger partial charge in [0, 0.05) is 38.2 Å². The average Bonchev–Trinajstić information content (AvgIpc) is 3.78. The van der Waals surface area contributed by atoms with Crippen LogP contribution in [0.25, 0.3) is 106 Å². The lowest BCUT2D eigenvalue weighted by Gasteiger charge is -2.19. The highest BCUT2D eigenvalue weighted by molar-refractivity contribution is 6.16. The van der Waals surface area contributed by atoms with Crippen LogP contribution in [-0.2, 0) is 0 Å². The molecule has 0 amide bonds. The zero-order chi connectivity index (χ0) is 35.0. The molecule has 11 rings (SSSR count). The van der Waals surface area contributed by atoms with Crippen LogP contribution in [-0.4, -0.2) is 15.0 Å². The number of fused-ring (bicyclic) bond motifs is 9. The summed E-state index contributed by atoms with van der Waals surface area (Å²) in [6.45, 7) is 2.30. The van der Waals surface area contributed by atoms with Crippen molar-refractivity contribution in [3.63, 3.8) is 0 Å². The monoisotopic (exact) mass is 681 g/mol. The molecule has 0 radical (unpaired) electrons. The van der Waals surface area contributed by atoms with Crippen LogP contribution in [0.3, 0.4) is 0 Å². The Labute approximate surface area is 304 Å². The zero-order valence-electron chi connectivity index (χ0n) is 28.9. The highest BCUT2D eigenvalue weighted by Gasteiger charge is 2.23. The van der Waals surface area contributed by atoms with Gasteiger partial charge in [-0.15, -0.1) is 0 Å². The Balaban J connectivity index is 1.18. The van der Waals surface area contributed by atoms with E-state index in [4.69, 9.17) is 23.8 Å². The molecule has 0 saturated heterocycles. The predicted octanol–water partition coefficient (Wildman–Crippen LogP) is 13.0. The number of furan rings is 2. The quantitative estimate of drug-likeness (QED) is 0.185. The van der Waals surface area contributed by atoms with E-state index >= 15 is 0 Å². The highest BCUT2D eigenvalue weighted by Crippen LogP contribution is 2.44. The Kier molecular flexibility index (Phi) is 6.52. The summed E-state index contributed by atoms with van der Waals surface area (Å²) in [7, 11) is 0. The third kappa shape index (κ3) is 4.74. The molecule has 5 heteroatoms. The maximum atomic E-state index is 6.45. The lowest BCUT2D eigenvalue weighted by molar-refractivity contribution is 0.669. The van der Waals surface area contributed by atoms with Crippen molar-refractivity contribution < 1.29 is 8.83 Å². The number of hydrogen-bond acceptors (Lipinski definition) is 5.